The van der Waals surface area contributed by atoms with Crippen LogP contribution in [0.5, 0.6) is 0 Å². The van der Waals surface area contributed by atoms with Crippen molar-refractivity contribution in [1.82, 2.24) is 0 Å². The molecule has 92 valence electrons. The van der Waals surface area contributed by atoms with E-state index in [0.29, 0.717) is 5.56 Å². The van der Waals surface area contributed by atoms with Gasteiger partial charge in [-0.25, -0.2) is 0 Å². The van der Waals surface area contributed by atoms with Crippen LogP contribution >= 0.6 is 11.8 Å². The van der Waals surface area contributed by atoms with E-state index in [4.69, 9.17) is 5.26 Å². The van der Waals surface area contributed by atoms with Gasteiger partial charge >= 0.3 is 5.51 Å². The highest BCUT2D eigenvalue weighted by Crippen LogP contribution is 2.29. The first-order valence-electron chi connectivity index (χ1n) is 4.87. The Kier molecular flexibility index (Phi) is 4.70. The van der Waals surface area contributed by atoms with Crippen LogP contribution in [-0.2, 0) is 0 Å². The largest absolute Gasteiger partial charge is 0.441 e. The van der Waals surface area contributed by atoms with Crippen LogP contribution in [0.25, 0.3) is 0 Å². The third-order valence-electron chi connectivity index (χ3n) is 2.04. The predicted molar refractivity (Wildman–Crippen MR) is 62.9 cm³/mol. The Morgan fingerprint density at radius 2 is 2.12 bits per heavy atom. The number of hydrogen-bond donors (Lipinski definition) is 1. The van der Waals surface area contributed by atoms with Crippen LogP contribution in [0.1, 0.15) is 11.1 Å². The molecule has 0 aliphatic carbocycles. The van der Waals surface area contributed by atoms with Crippen LogP contribution in [0, 0.1) is 18.3 Å². The SMILES string of the molecule is Cc1cc(NCCSC(F)(F)F)ccc1C#N. The monoisotopic (exact) mass is 260 g/mol. The molecule has 0 atom stereocenters. The molecule has 1 N–H and O–H groups in total. The van der Waals surface area contributed by atoms with E-state index in [2.05, 4.69) is 5.32 Å². The summed E-state index contributed by atoms with van der Waals surface area (Å²) in [5.41, 5.74) is -2.08. The fourth-order valence-corrected chi connectivity index (χ4v) is 1.70. The van der Waals surface area contributed by atoms with Gasteiger partial charge in [0.25, 0.3) is 0 Å². The Labute approximate surface area is 102 Å². The highest BCUT2D eigenvalue weighted by atomic mass is 32.2. The van der Waals surface area contributed by atoms with Gasteiger partial charge in [0.1, 0.15) is 0 Å². The number of halogens is 3. The van der Waals surface area contributed by atoms with E-state index in [1.807, 2.05) is 6.07 Å². The predicted octanol–water partition coefficient (Wildman–Crippen LogP) is 3.53. The van der Waals surface area contributed by atoms with Gasteiger partial charge in [-0.3, -0.25) is 0 Å². The molecule has 0 heterocycles. The fourth-order valence-electron chi connectivity index (χ4n) is 1.26. The van der Waals surface area contributed by atoms with Crippen LogP contribution in [-0.4, -0.2) is 17.8 Å². The summed E-state index contributed by atoms with van der Waals surface area (Å²) in [4.78, 5) is 0. The van der Waals surface area contributed by atoms with E-state index in [-0.39, 0.29) is 24.1 Å². The van der Waals surface area contributed by atoms with Crippen LogP contribution in [0.3, 0.4) is 0 Å². The summed E-state index contributed by atoms with van der Waals surface area (Å²) in [5, 5.41) is 11.6. The second-order valence-corrected chi connectivity index (χ2v) is 4.52. The second kappa shape index (κ2) is 5.82. The summed E-state index contributed by atoms with van der Waals surface area (Å²) >= 11 is -0.0502. The molecule has 0 aromatic heterocycles. The van der Waals surface area contributed by atoms with E-state index in [1.54, 1.807) is 25.1 Å². The van der Waals surface area contributed by atoms with Crippen molar-refractivity contribution in [3.8, 4) is 6.07 Å². The highest BCUT2D eigenvalue weighted by molar-refractivity contribution is 8.00. The third-order valence-corrected chi connectivity index (χ3v) is 2.78. The van der Waals surface area contributed by atoms with E-state index in [0.717, 1.165) is 11.3 Å². The lowest BCUT2D eigenvalue weighted by Crippen LogP contribution is -2.09. The molecule has 0 saturated carbocycles. The molecule has 1 rings (SSSR count). The Morgan fingerprint density at radius 1 is 1.41 bits per heavy atom. The maximum atomic E-state index is 11.8. The Hall–Kier alpha value is -1.35. The van der Waals surface area contributed by atoms with Gasteiger partial charge in [-0.1, -0.05) is 0 Å². The van der Waals surface area contributed by atoms with Crippen molar-refractivity contribution >= 4 is 17.4 Å². The molecule has 0 unspecified atom stereocenters. The molecule has 0 fully saturated rings. The second-order valence-electron chi connectivity index (χ2n) is 3.36. The highest BCUT2D eigenvalue weighted by Gasteiger charge is 2.27. The zero-order valence-corrected chi connectivity index (χ0v) is 9.95. The van der Waals surface area contributed by atoms with E-state index in [1.165, 1.54) is 0 Å². The van der Waals surface area contributed by atoms with Gasteiger partial charge in [0, 0.05) is 18.0 Å². The lowest BCUT2D eigenvalue weighted by atomic mass is 10.1. The van der Waals surface area contributed by atoms with Crippen molar-refractivity contribution < 1.29 is 13.2 Å². The van der Waals surface area contributed by atoms with Crippen molar-refractivity contribution in [2.75, 3.05) is 17.6 Å². The fraction of sp³-hybridized carbons (Fsp3) is 0.364. The summed E-state index contributed by atoms with van der Waals surface area (Å²) < 4.78 is 35.5. The number of nitrogens with one attached hydrogen (secondary N) is 1. The Balaban J connectivity index is 2.43. The maximum Gasteiger partial charge on any atom is 0.441 e. The maximum absolute atomic E-state index is 11.8. The first-order valence-corrected chi connectivity index (χ1v) is 5.86. The van der Waals surface area contributed by atoms with Crippen LogP contribution in [0.2, 0.25) is 0 Å². The van der Waals surface area contributed by atoms with Gasteiger partial charge in [0.15, 0.2) is 0 Å². The van der Waals surface area contributed by atoms with Crippen LogP contribution < -0.4 is 5.32 Å². The molecule has 0 spiro atoms. The number of nitriles is 1. The minimum Gasteiger partial charge on any atom is -0.384 e. The Morgan fingerprint density at radius 3 is 2.65 bits per heavy atom. The van der Waals surface area contributed by atoms with Gasteiger partial charge < -0.3 is 5.32 Å². The molecular formula is C11H11F3N2S. The van der Waals surface area contributed by atoms with Gasteiger partial charge in [0.2, 0.25) is 0 Å². The third kappa shape index (κ3) is 5.00. The molecule has 0 radical (unpaired) electrons. The average molecular weight is 260 g/mol. The molecule has 1 aromatic rings. The van der Waals surface area contributed by atoms with E-state index in [9.17, 15) is 13.2 Å². The first kappa shape index (κ1) is 13.7. The molecule has 17 heavy (non-hydrogen) atoms. The van der Waals surface area contributed by atoms with Crippen molar-refractivity contribution in [1.29, 1.82) is 5.26 Å². The first-order chi connectivity index (χ1) is 7.92. The van der Waals surface area contributed by atoms with Crippen LogP contribution in [0.4, 0.5) is 18.9 Å². The number of benzene rings is 1. The minimum atomic E-state index is -4.18. The molecule has 0 aliphatic heterocycles. The number of thioether (sulfide) groups is 1. The lowest BCUT2D eigenvalue weighted by Gasteiger charge is -2.09. The topological polar surface area (TPSA) is 35.8 Å². The molecule has 0 saturated heterocycles. The molecule has 1 aromatic carbocycles. The molecule has 2 nitrogen and oxygen atoms in total. The number of aryl methyl sites for hydroxylation is 1. The average Bonchev–Trinajstić information content (AvgIpc) is 2.23. The van der Waals surface area contributed by atoms with Crippen molar-refractivity contribution in [3.63, 3.8) is 0 Å². The van der Waals surface area contributed by atoms with E-state index < -0.39 is 5.51 Å². The summed E-state index contributed by atoms with van der Waals surface area (Å²) in [6.45, 7) is 2.02. The number of nitrogens with zero attached hydrogens (tertiary/aromatic N) is 1. The molecular weight excluding hydrogens is 249 g/mol. The quantitative estimate of drug-likeness (QED) is 0.841. The van der Waals surface area contributed by atoms with E-state index >= 15 is 0 Å². The van der Waals surface area contributed by atoms with Gasteiger partial charge in [-0.05, 0) is 42.4 Å². The molecule has 0 aliphatic rings. The standard InChI is InChI=1S/C11H11F3N2S/c1-8-6-10(3-2-9(8)7-15)16-4-5-17-11(12,13)14/h2-3,6,16H,4-5H2,1H3. The van der Waals surface area contributed by atoms with Crippen molar-refractivity contribution in [2.24, 2.45) is 0 Å². The minimum absolute atomic E-state index is 0.0391. The number of hydrogen-bond acceptors (Lipinski definition) is 3. The number of anilines is 1. The number of alkyl halides is 3. The van der Waals surface area contributed by atoms with Gasteiger partial charge in [-0.2, -0.15) is 18.4 Å². The summed E-state index contributed by atoms with van der Waals surface area (Å²) in [7, 11) is 0. The lowest BCUT2D eigenvalue weighted by molar-refractivity contribution is -0.0327. The van der Waals surface area contributed by atoms with Gasteiger partial charge in [-0.15, -0.1) is 0 Å². The van der Waals surface area contributed by atoms with Crippen molar-refractivity contribution in [3.05, 3.63) is 29.3 Å². The summed E-state index contributed by atoms with van der Waals surface area (Å²) in [6, 6.07) is 7.11. The van der Waals surface area contributed by atoms with Crippen molar-refractivity contribution in [2.45, 2.75) is 12.4 Å². The Bertz CT molecular complexity index is 424. The molecule has 0 bridgehead atoms. The zero-order valence-electron chi connectivity index (χ0n) is 9.14. The zero-order chi connectivity index (χ0) is 12.9. The smallest absolute Gasteiger partial charge is 0.384 e. The van der Waals surface area contributed by atoms with Crippen LogP contribution in [0.15, 0.2) is 18.2 Å². The summed E-state index contributed by atoms with van der Waals surface area (Å²) in [5.74, 6) is -0.0391. The normalized spacial score (nSPS) is 11.0. The number of rotatable bonds is 4. The molecule has 6 heteroatoms. The van der Waals surface area contributed by atoms with Gasteiger partial charge in [0.05, 0.1) is 11.6 Å². The summed E-state index contributed by atoms with van der Waals surface area (Å²) in [6.07, 6.45) is 0. The molecule has 0 amide bonds.